The summed E-state index contributed by atoms with van der Waals surface area (Å²) in [6, 6.07) is 8.31. The first-order valence-corrected chi connectivity index (χ1v) is 12.2. The van der Waals surface area contributed by atoms with E-state index in [1.807, 2.05) is 32.2 Å². The standard InChI is InChI=1S/C27H31FN4O4/c1-27(2)21(17-23(36-27)25-20-4-3-19(28)16-22(20)30-26(25)34)18-5-6-29-24(15-18)32-9-7-31(8-10-32)11-13-35-14-12-33/h3-6,15-17,33H,7-14H2,1-2H3,(H,30,34)/b25-23+. The Kier molecular flexibility index (Phi) is 6.79. The molecule has 190 valence electrons. The summed E-state index contributed by atoms with van der Waals surface area (Å²) in [5.74, 6) is 0.687. The van der Waals surface area contributed by atoms with Crippen molar-refractivity contribution in [2.45, 2.75) is 19.4 Å². The summed E-state index contributed by atoms with van der Waals surface area (Å²) in [4.78, 5) is 22.0. The molecule has 4 heterocycles. The number of aliphatic hydroxyl groups is 1. The zero-order valence-electron chi connectivity index (χ0n) is 20.6. The Labute approximate surface area is 210 Å². The van der Waals surface area contributed by atoms with Crippen molar-refractivity contribution < 1.29 is 23.8 Å². The van der Waals surface area contributed by atoms with Gasteiger partial charge in [-0.1, -0.05) is 0 Å². The highest BCUT2D eigenvalue weighted by Gasteiger charge is 2.38. The van der Waals surface area contributed by atoms with Gasteiger partial charge in [-0.15, -0.1) is 0 Å². The molecule has 0 aliphatic carbocycles. The summed E-state index contributed by atoms with van der Waals surface area (Å²) in [6.07, 6.45) is 3.72. The van der Waals surface area contributed by atoms with Crippen molar-refractivity contribution in [3.05, 3.63) is 65.3 Å². The van der Waals surface area contributed by atoms with Gasteiger partial charge in [0.15, 0.2) is 0 Å². The van der Waals surface area contributed by atoms with Gasteiger partial charge in [-0.3, -0.25) is 9.69 Å². The molecular weight excluding hydrogens is 463 g/mol. The summed E-state index contributed by atoms with van der Waals surface area (Å²) in [6.45, 7) is 9.39. The second kappa shape index (κ2) is 10.0. The van der Waals surface area contributed by atoms with E-state index in [-0.39, 0.29) is 12.5 Å². The Hall–Kier alpha value is -3.27. The van der Waals surface area contributed by atoms with Crippen molar-refractivity contribution in [2.75, 3.05) is 62.8 Å². The molecule has 9 heteroatoms. The second-order valence-electron chi connectivity index (χ2n) is 9.62. The average molecular weight is 495 g/mol. The van der Waals surface area contributed by atoms with Crippen molar-refractivity contribution in [1.29, 1.82) is 0 Å². The van der Waals surface area contributed by atoms with Gasteiger partial charge in [0.05, 0.1) is 31.1 Å². The largest absolute Gasteiger partial charge is 0.482 e. The van der Waals surface area contributed by atoms with Crippen LogP contribution in [0.15, 0.2) is 48.4 Å². The number of nitrogens with zero attached hydrogens (tertiary/aromatic N) is 3. The van der Waals surface area contributed by atoms with Crippen molar-refractivity contribution in [1.82, 2.24) is 9.88 Å². The molecule has 3 aliphatic heterocycles. The first-order valence-electron chi connectivity index (χ1n) is 12.2. The van der Waals surface area contributed by atoms with E-state index in [0.717, 1.165) is 49.7 Å². The third-order valence-corrected chi connectivity index (χ3v) is 6.80. The number of fused-ring (bicyclic) bond motifs is 1. The number of hydrogen-bond donors (Lipinski definition) is 2. The molecule has 1 fully saturated rings. The lowest BCUT2D eigenvalue weighted by molar-refractivity contribution is -0.111. The fourth-order valence-corrected chi connectivity index (χ4v) is 4.93. The second-order valence-corrected chi connectivity index (χ2v) is 9.62. The number of hydrogen-bond acceptors (Lipinski definition) is 7. The van der Waals surface area contributed by atoms with Crippen LogP contribution in [0.5, 0.6) is 0 Å². The fraction of sp³-hybridized carbons (Fsp3) is 0.407. The molecule has 1 aromatic carbocycles. The smallest absolute Gasteiger partial charge is 0.260 e. The number of aromatic nitrogens is 1. The average Bonchev–Trinajstić information content (AvgIpc) is 3.36. The van der Waals surface area contributed by atoms with Crippen molar-refractivity contribution in [3.8, 4) is 0 Å². The predicted octanol–water partition coefficient (Wildman–Crippen LogP) is 2.91. The summed E-state index contributed by atoms with van der Waals surface area (Å²) < 4.78 is 25.3. The van der Waals surface area contributed by atoms with E-state index in [1.54, 1.807) is 6.07 Å². The number of rotatable bonds is 7. The highest BCUT2D eigenvalue weighted by molar-refractivity contribution is 6.32. The lowest BCUT2D eigenvalue weighted by Crippen LogP contribution is -2.47. The van der Waals surface area contributed by atoms with Crippen LogP contribution in [-0.4, -0.2) is 79.0 Å². The molecule has 8 nitrogen and oxygen atoms in total. The minimum absolute atomic E-state index is 0.0487. The van der Waals surface area contributed by atoms with Crippen molar-refractivity contribution >= 4 is 28.6 Å². The van der Waals surface area contributed by atoms with E-state index in [9.17, 15) is 9.18 Å². The van der Waals surface area contributed by atoms with Crippen LogP contribution < -0.4 is 10.2 Å². The SMILES string of the molecule is CC1(C)O/C(=C2/C(=O)Nc3cc(F)ccc32)C=C1c1ccnc(N2CCN(CCOCCO)CC2)c1. The number of pyridine rings is 1. The van der Waals surface area contributed by atoms with E-state index in [2.05, 4.69) is 26.2 Å². The van der Waals surface area contributed by atoms with E-state index in [4.69, 9.17) is 14.6 Å². The number of anilines is 2. The van der Waals surface area contributed by atoms with Gasteiger partial charge in [0, 0.05) is 50.1 Å². The third-order valence-electron chi connectivity index (χ3n) is 6.80. The van der Waals surface area contributed by atoms with Crippen LogP contribution >= 0.6 is 0 Å². The van der Waals surface area contributed by atoms with Gasteiger partial charge in [-0.05, 0) is 55.8 Å². The summed E-state index contributed by atoms with van der Waals surface area (Å²) in [7, 11) is 0. The quantitative estimate of drug-likeness (QED) is 0.452. The molecule has 1 amide bonds. The predicted molar refractivity (Wildman–Crippen MR) is 136 cm³/mol. The van der Waals surface area contributed by atoms with Crippen molar-refractivity contribution in [2.24, 2.45) is 0 Å². The molecule has 0 atom stereocenters. The first-order chi connectivity index (χ1) is 17.4. The highest BCUT2D eigenvalue weighted by Crippen LogP contribution is 2.44. The van der Waals surface area contributed by atoms with E-state index < -0.39 is 11.4 Å². The molecule has 0 spiro atoms. The number of benzene rings is 1. The zero-order chi connectivity index (χ0) is 25.3. The number of nitrogens with one attached hydrogen (secondary N) is 1. The normalized spacial score (nSPS) is 21.3. The monoisotopic (exact) mass is 494 g/mol. The number of piperazine rings is 1. The number of carbonyl (C=O) groups excluding carboxylic acids is 1. The van der Waals surface area contributed by atoms with Gasteiger partial charge in [-0.2, -0.15) is 0 Å². The number of ether oxygens (including phenoxy) is 2. The topological polar surface area (TPSA) is 87.2 Å². The summed E-state index contributed by atoms with van der Waals surface area (Å²) in [5, 5.41) is 11.6. The summed E-state index contributed by atoms with van der Waals surface area (Å²) >= 11 is 0. The molecule has 1 saturated heterocycles. The Bertz CT molecular complexity index is 1220. The highest BCUT2D eigenvalue weighted by atomic mass is 19.1. The van der Waals surface area contributed by atoms with Crippen LogP contribution in [0.3, 0.4) is 0 Å². The van der Waals surface area contributed by atoms with Crippen LogP contribution in [0.25, 0.3) is 11.1 Å². The van der Waals surface area contributed by atoms with Crippen LogP contribution in [0, 0.1) is 5.82 Å². The van der Waals surface area contributed by atoms with Gasteiger partial charge in [-0.25, -0.2) is 9.37 Å². The zero-order valence-corrected chi connectivity index (χ0v) is 20.6. The molecule has 0 unspecified atom stereocenters. The van der Waals surface area contributed by atoms with Gasteiger partial charge in [0.2, 0.25) is 0 Å². The Balaban J connectivity index is 1.35. The van der Waals surface area contributed by atoms with Crippen molar-refractivity contribution in [3.63, 3.8) is 0 Å². The van der Waals surface area contributed by atoms with Gasteiger partial charge < -0.3 is 24.8 Å². The molecule has 0 bridgehead atoms. The molecule has 5 rings (SSSR count). The van der Waals surface area contributed by atoms with Crippen LogP contribution in [0.2, 0.25) is 0 Å². The van der Waals surface area contributed by atoms with E-state index >= 15 is 0 Å². The van der Waals surface area contributed by atoms with Gasteiger partial charge in [0.1, 0.15) is 23.0 Å². The number of allylic oxidation sites excluding steroid dienone is 1. The Morgan fingerprint density at radius 1 is 1.17 bits per heavy atom. The van der Waals surface area contributed by atoms with Crippen LogP contribution in [-0.2, 0) is 14.3 Å². The molecule has 2 N–H and O–H groups in total. The minimum Gasteiger partial charge on any atom is -0.482 e. The molecule has 2 aromatic rings. The molecule has 0 radical (unpaired) electrons. The van der Waals surface area contributed by atoms with Gasteiger partial charge >= 0.3 is 0 Å². The lowest BCUT2D eigenvalue weighted by Gasteiger charge is -2.35. The molecule has 0 saturated carbocycles. The molecule has 1 aromatic heterocycles. The Morgan fingerprint density at radius 2 is 1.97 bits per heavy atom. The Morgan fingerprint density at radius 3 is 2.75 bits per heavy atom. The maximum atomic E-state index is 13.7. The number of amides is 1. The number of carbonyl (C=O) groups is 1. The van der Waals surface area contributed by atoms with Gasteiger partial charge in [0.25, 0.3) is 5.91 Å². The van der Waals surface area contributed by atoms with E-state index in [1.165, 1.54) is 12.1 Å². The van der Waals surface area contributed by atoms with E-state index in [0.29, 0.717) is 35.8 Å². The number of halogens is 1. The molecule has 36 heavy (non-hydrogen) atoms. The minimum atomic E-state index is -0.655. The third kappa shape index (κ3) is 4.86. The fourth-order valence-electron chi connectivity index (χ4n) is 4.93. The lowest BCUT2D eigenvalue weighted by atomic mass is 9.92. The molecular formula is C27H31FN4O4. The van der Waals surface area contributed by atoms with Crippen LogP contribution in [0.1, 0.15) is 25.0 Å². The number of aliphatic hydroxyl groups excluding tert-OH is 1. The van der Waals surface area contributed by atoms with Crippen LogP contribution in [0.4, 0.5) is 15.9 Å². The maximum Gasteiger partial charge on any atom is 0.260 e. The first kappa shape index (κ1) is 24.4. The maximum absolute atomic E-state index is 13.7. The molecule has 3 aliphatic rings. The summed E-state index contributed by atoms with van der Waals surface area (Å²) in [5.41, 5.74) is 2.80.